The predicted molar refractivity (Wildman–Crippen MR) is 72.4 cm³/mol. The van der Waals surface area contributed by atoms with Crippen LogP contribution in [0.2, 0.25) is 0 Å². The largest absolute Gasteiger partial charge is 0.456 e. The summed E-state index contributed by atoms with van der Waals surface area (Å²) in [7, 11) is 0. The topological polar surface area (TPSA) is 13.1 Å². The molecular formula is C16H16O. The van der Waals surface area contributed by atoms with Crippen LogP contribution in [-0.4, -0.2) is 0 Å². The number of furan rings is 1. The van der Waals surface area contributed by atoms with Crippen LogP contribution in [0, 0.1) is 0 Å². The first-order chi connectivity index (χ1) is 8.07. The van der Waals surface area contributed by atoms with E-state index < -0.39 is 0 Å². The molecule has 2 aromatic carbocycles. The van der Waals surface area contributed by atoms with Crippen LogP contribution in [0.3, 0.4) is 0 Å². The zero-order valence-corrected chi connectivity index (χ0v) is 10.4. The summed E-state index contributed by atoms with van der Waals surface area (Å²) >= 11 is 0. The number of hydrogen-bond donors (Lipinski definition) is 0. The molecule has 0 saturated carbocycles. The van der Waals surface area contributed by atoms with Crippen LogP contribution >= 0.6 is 0 Å². The van der Waals surface area contributed by atoms with Gasteiger partial charge in [-0.25, -0.2) is 0 Å². The second kappa shape index (κ2) is 3.36. The third kappa shape index (κ3) is 1.54. The maximum atomic E-state index is 6.01. The summed E-state index contributed by atoms with van der Waals surface area (Å²) in [5.41, 5.74) is 3.37. The Morgan fingerprint density at radius 3 is 2.29 bits per heavy atom. The smallest absolute Gasteiger partial charge is 0.139 e. The molecule has 0 N–H and O–H groups in total. The Labute approximate surface area is 101 Å². The molecule has 1 heteroatoms. The molecule has 1 nitrogen and oxygen atoms in total. The van der Waals surface area contributed by atoms with Gasteiger partial charge in [0.05, 0.1) is 0 Å². The lowest BCUT2D eigenvalue weighted by molar-refractivity contribution is 0.573. The maximum absolute atomic E-state index is 6.01. The molecule has 0 aliphatic rings. The molecule has 0 bridgehead atoms. The molecule has 0 saturated heterocycles. The van der Waals surface area contributed by atoms with E-state index >= 15 is 0 Å². The van der Waals surface area contributed by atoms with E-state index in [2.05, 4.69) is 51.1 Å². The minimum Gasteiger partial charge on any atom is -0.456 e. The molecule has 1 aromatic heterocycles. The molecule has 86 valence electrons. The standard InChI is InChI=1S/C16H16O/c1-16(2,3)13-9-6-8-12-11-7-4-5-10-14(11)17-15(12)13/h4-10H,1-3H3. The number of benzene rings is 2. The van der Waals surface area contributed by atoms with Gasteiger partial charge in [-0.1, -0.05) is 57.2 Å². The number of hydrogen-bond acceptors (Lipinski definition) is 1. The second-order valence-corrected chi connectivity index (χ2v) is 5.53. The van der Waals surface area contributed by atoms with Crippen molar-refractivity contribution in [2.75, 3.05) is 0 Å². The van der Waals surface area contributed by atoms with Crippen molar-refractivity contribution < 1.29 is 4.42 Å². The summed E-state index contributed by atoms with van der Waals surface area (Å²) in [5, 5.41) is 2.42. The quantitative estimate of drug-likeness (QED) is 0.530. The highest BCUT2D eigenvalue weighted by molar-refractivity contribution is 6.05. The summed E-state index contributed by atoms with van der Waals surface area (Å²) in [6.07, 6.45) is 0. The van der Waals surface area contributed by atoms with Gasteiger partial charge in [0.1, 0.15) is 11.2 Å². The van der Waals surface area contributed by atoms with E-state index in [0.29, 0.717) is 0 Å². The van der Waals surface area contributed by atoms with E-state index in [-0.39, 0.29) is 5.41 Å². The molecule has 0 unspecified atom stereocenters. The Hall–Kier alpha value is -1.76. The van der Waals surface area contributed by atoms with Gasteiger partial charge in [0, 0.05) is 16.3 Å². The molecule has 3 aromatic rings. The molecule has 0 radical (unpaired) electrons. The monoisotopic (exact) mass is 224 g/mol. The van der Waals surface area contributed by atoms with E-state index in [1.165, 1.54) is 16.3 Å². The van der Waals surface area contributed by atoms with Crippen LogP contribution < -0.4 is 0 Å². The van der Waals surface area contributed by atoms with Gasteiger partial charge >= 0.3 is 0 Å². The summed E-state index contributed by atoms with van der Waals surface area (Å²) in [5.74, 6) is 0. The van der Waals surface area contributed by atoms with Crippen LogP contribution in [0.25, 0.3) is 21.9 Å². The lowest BCUT2D eigenvalue weighted by Crippen LogP contribution is -2.10. The van der Waals surface area contributed by atoms with Crippen molar-refractivity contribution in [1.82, 2.24) is 0 Å². The summed E-state index contributed by atoms with van der Waals surface area (Å²) in [6.45, 7) is 6.65. The number of para-hydroxylation sites is 2. The minimum atomic E-state index is 0.105. The molecule has 0 aliphatic heterocycles. The normalized spacial score (nSPS) is 12.4. The van der Waals surface area contributed by atoms with Crippen LogP contribution in [-0.2, 0) is 5.41 Å². The Morgan fingerprint density at radius 2 is 1.53 bits per heavy atom. The van der Waals surface area contributed by atoms with E-state index in [1.54, 1.807) is 0 Å². The van der Waals surface area contributed by atoms with Gasteiger partial charge in [0.2, 0.25) is 0 Å². The number of rotatable bonds is 0. The maximum Gasteiger partial charge on any atom is 0.139 e. The molecule has 0 atom stereocenters. The van der Waals surface area contributed by atoms with E-state index in [4.69, 9.17) is 4.42 Å². The summed E-state index contributed by atoms with van der Waals surface area (Å²) < 4.78 is 6.01. The second-order valence-electron chi connectivity index (χ2n) is 5.53. The van der Waals surface area contributed by atoms with Gasteiger partial charge in [-0.05, 0) is 11.5 Å². The van der Waals surface area contributed by atoms with Crippen LogP contribution in [0.5, 0.6) is 0 Å². The van der Waals surface area contributed by atoms with Crippen molar-refractivity contribution in [1.29, 1.82) is 0 Å². The average molecular weight is 224 g/mol. The van der Waals surface area contributed by atoms with Gasteiger partial charge in [-0.15, -0.1) is 0 Å². The molecule has 17 heavy (non-hydrogen) atoms. The Bertz CT molecular complexity index is 683. The van der Waals surface area contributed by atoms with Crippen molar-refractivity contribution in [3.05, 3.63) is 48.0 Å². The van der Waals surface area contributed by atoms with E-state index in [0.717, 1.165) is 11.2 Å². The SMILES string of the molecule is CC(C)(C)c1cccc2c1oc1ccccc12. The van der Waals surface area contributed by atoms with Crippen LogP contribution in [0.1, 0.15) is 26.3 Å². The van der Waals surface area contributed by atoms with E-state index in [1.807, 2.05) is 12.1 Å². The molecule has 0 spiro atoms. The third-order valence-corrected chi connectivity index (χ3v) is 3.21. The molecule has 3 rings (SSSR count). The van der Waals surface area contributed by atoms with E-state index in [9.17, 15) is 0 Å². The average Bonchev–Trinajstić information content (AvgIpc) is 2.65. The zero-order chi connectivity index (χ0) is 12.0. The third-order valence-electron chi connectivity index (χ3n) is 3.21. The molecule has 0 amide bonds. The highest BCUT2D eigenvalue weighted by Gasteiger charge is 2.19. The van der Waals surface area contributed by atoms with Gasteiger partial charge in [0.25, 0.3) is 0 Å². The fourth-order valence-electron chi connectivity index (χ4n) is 2.34. The summed E-state index contributed by atoms with van der Waals surface area (Å²) in [6, 6.07) is 14.6. The predicted octanol–water partition coefficient (Wildman–Crippen LogP) is 4.88. The van der Waals surface area contributed by atoms with Gasteiger partial charge in [-0.3, -0.25) is 0 Å². The van der Waals surface area contributed by atoms with Crippen molar-refractivity contribution in [3.8, 4) is 0 Å². The fraction of sp³-hybridized carbons (Fsp3) is 0.250. The highest BCUT2D eigenvalue weighted by atomic mass is 16.3. The van der Waals surface area contributed by atoms with Gasteiger partial charge in [0.15, 0.2) is 0 Å². The molecule has 0 aliphatic carbocycles. The van der Waals surface area contributed by atoms with Crippen molar-refractivity contribution >= 4 is 21.9 Å². The number of fused-ring (bicyclic) bond motifs is 3. The Morgan fingerprint density at radius 1 is 0.824 bits per heavy atom. The lowest BCUT2D eigenvalue weighted by atomic mass is 9.86. The molecular weight excluding hydrogens is 208 g/mol. The Kier molecular flexibility index (Phi) is 2.06. The van der Waals surface area contributed by atoms with Crippen molar-refractivity contribution in [2.24, 2.45) is 0 Å². The van der Waals surface area contributed by atoms with Gasteiger partial charge < -0.3 is 4.42 Å². The minimum absolute atomic E-state index is 0.105. The first-order valence-corrected chi connectivity index (χ1v) is 5.98. The molecule has 0 fully saturated rings. The van der Waals surface area contributed by atoms with Crippen molar-refractivity contribution in [3.63, 3.8) is 0 Å². The lowest BCUT2D eigenvalue weighted by Gasteiger charge is -2.18. The fourth-order valence-corrected chi connectivity index (χ4v) is 2.34. The van der Waals surface area contributed by atoms with Gasteiger partial charge in [-0.2, -0.15) is 0 Å². The Balaban J connectivity index is 2.48. The first kappa shape index (κ1) is 10.4. The van der Waals surface area contributed by atoms with Crippen LogP contribution in [0.15, 0.2) is 46.9 Å². The highest BCUT2D eigenvalue weighted by Crippen LogP contribution is 2.35. The summed E-state index contributed by atoms with van der Waals surface area (Å²) in [4.78, 5) is 0. The van der Waals surface area contributed by atoms with Crippen LogP contribution in [0.4, 0.5) is 0 Å². The molecule has 1 heterocycles. The zero-order valence-electron chi connectivity index (χ0n) is 10.4. The first-order valence-electron chi connectivity index (χ1n) is 5.98. The van der Waals surface area contributed by atoms with Crippen molar-refractivity contribution in [2.45, 2.75) is 26.2 Å².